The molecule has 0 atom stereocenters. The highest BCUT2D eigenvalue weighted by Gasteiger charge is 2.09. The Bertz CT molecular complexity index is 820. The van der Waals surface area contributed by atoms with Crippen LogP contribution < -0.4 is 5.32 Å². The number of carbonyl (C=O) groups excluding carboxylic acids is 1. The number of benzene rings is 2. The van der Waals surface area contributed by atoms with Crippen LogP contribution in [0.1, 0.15) is 12.0 Å². The first-order chi connectivity index (χ1) is 11.7. The fourth-order valence-corrected chi connectivity index (χ4v) is 3.12. The summed E-state index contributed by atoms with van der Waals surface area (Å²) in [5.41, 5.74) is 2.66. The fourth-order valence-electron chi connectivity index (χ4n) is 2.28. The Labute approximate surface area is 149 Å². The molecule has 1 amide bonds. The number of rotatable bonds is 7. The van der Waals surface area contributed by atoms with E-state index in [1.165, 1.54) is 17.3 Å². The van der Waals surface area contributed by atoms with Gasteiger partial charge < -0.3 is 9.73 Å². The number of oxazole rings is 1. The largest absolute Gasteiger partial charge is 0.431 e. The van der Waals surface area contributed by atoms with Crippen LogP contribution in [0, 0.1) is 0 Å². The third kappa shape index (κ3) is 4.76. The second-order valence-electron chi connectivity index (χ2n) is 5.32. The number of thioether (sulfide) groups is 1. The molecule has 0 aliphatic rings. The maximum Gasteiger partial charge on any atom is 0.257 e. The third-order valence-corrected chi connectivity index (χ3v) is 4.53. The van der Waals surface area contributed by atoms with E-state index >= 15 is 0 Å². The molecule has 0 saturated carbocycles. The van der Waals surface area contributed by atoms with E-state index in [0.29, 0.717) is 27.9 Å². The van der Waals surface area contributed by atoms with Gasteiger partial charge >= 0.3 is 0 Å². The number of amides is 1. The van der Waals surface area contributed by atoms with Crippen LogP contribution in [0.15, 0.2) is 58.2 Å². The summed E-state index contributed by atoms with van der Waals surface area (Å²) >= 11 is 7.20. The Morgan fingerprint density at radius 2 is 2.04 bits per heavy atom. The van der Waals surface area contributed by atoms with Gasteiger partial charge in [-0.1, -0.05) is 53.7 Å². The van der Waals surface area contributed by atoms with Crippen LogP contribution in [0.25, 0.3) is 11.1 Å². The molecular formula is C18H17ClN2O2S. The molecule has 6 heteroatoms. The van der Waals surface area contributed by atoms with Gasteiger partial charge in [-0.3, -0.25) is 4.79 Å². The van der Waals surface area contributed by atoms with E-state index in [0.717, 1.165) is 12.8 Å². The van der Waals surface area contributed by atoms with E-state index in [2.05, 4.69) is 22.4 Å². The van der Waals surface area contributed by atoms with Crippen molar-refractivity contribution < 1.29 is 9.21 Å². The predicted molar refractivity (Wildman–Crippen MR) is 97.5 cm³/mol. The summed E-state index contributed by atoms with van der Waals surface area (Å²) in [7, 11) is 0. The lowest BCUT2D eigenvalue weighted by Gasteiger charge is -2.04. The lowest BCUT2D eigenvalue weighted by atomic mass is 10.1. The van der Waals surface area contributed by atoms with Crippen molar-refractivity contribution in [3.8, 4) is 0 Å². The molecule has 0 unspecified atom stereocenters. The number of nitrogens with zero attached hydrogens (tertiary/aromatic N) is 1. The minimum absolute atomic E-state index is 0.0200. The molecule has 0 bridgehead atoms. The van der Waals surface area contributed by atoms with E-state index in [1.807, 2.05) is 18.2 Å². The summed E-state index contributed by atoms with van der Waals surface area (Å²) in [5, 5.41) is 4.01. The summed E-state index contributed by atoms with van der Waals surface area (Å²) in [6.07, 6.45) is 1.88. The molecule has 0 spiro atoms. The highest BCUT2D eigenvalue weighted by molar-refractivity contribution is 7.99. The van der Waals surface area contributed by atoms with Crippen molar-refractivity contribution >= 4 is 40.4 Å². The first-order valence-electron chi connectivity index (χ1n) is 7.70. The van der Waals surface area contributed by atoms with Gasteiger partial charge in [0.2, 0.25) is 5.91 Å². The number of aromatic nitrogens is 1. The monoisotopic (exact) mass is 360 g/mol. The van der Waals surface area contributed by atoms with Crippen LogP contribution in [-0.4, -0.2) is 23.2 Å². The molecule has 1 aromatic heterocycles. The highest BCUT2D eigenvalue weighted by atomic mass is 35.5. The zero-order valence-electron chi connectivity index (χ0n) is 13.0. The van der Waals surface area contributed by atoms with Crippen molar-refractivity contribution in [1.82, 2.24) is 10.3 Å². The Balaban J connectivity index is 1.40. The van der Waals surface area contributed by atoms with Gasteiger partial charge in [0.1, 0.15) is 5.52 Å². The van der Waals surface area contributed by atoms with Gasteiger partial charge in [0, 0.05) is 11.6 Å². The second-order valence-corrected chi connectivity index (χ2v) is 6.68. The number of carbonyl (C=O) groups is 1. The Morgan fingerprint density at radius 3 is 2.88 bits per heavy atom. The molecule has 0 aliphatic carbocycles. The molecule has 24 heavy (non-hydrogen) atoms. The van der Waals surface area contributed by atoms with Gasteiger partial charge in [-0.05, 0) is 36.6 Å². The molecule has 1 N–H and O–H groups in total. The van der Waals surface area contributed by atoms with Crippen LogP contribution in [-0.2, 0) is 11.2 Å². The van der Waals surface area contributed by atoms with E-state index in [9.17, 15) is 4.79 Å². The smallest absolute Gasteiger partial charge is 0.257 e. The minimum Gasteiger partial charge on any atom is -0.431 e. The molecule has 124 valence electrons. The van der Waals surface area contributed by atoms with E-state index in [-0.39, 0.29) is 11.7 Å². The standard InChI is InChI=1S/C18H17ClN2O2S/c19-14-8-9-16-15(11-14)21-18(23-16)24-12-17(22)20-10-4-7-13-5-2-1-3-6-13/h1-3,5-6,8-9,11H,4,7,10,12H2,(H,20,22). The average Bonchev–Trinajstić information content (AvgIpc) is 3.00. The number of hydrogen-bond donors (Lipinski definition) is 1. The zero-order chi connectivity index (χ0) is 16.8. The number of hydrogen-bond acceptors (Lipinski definition) is 4. The topological polar surface area (TPSA) is 55.1 Å². The Morgan fingerprint density at radius 1 is 1.21 bits per heavy atom. The first kappa shape index (κ1) is 16.9. The molecule has 3 rings (SSSR count). The van der Waals surface area contributed by atoms with Crippen molar-refractivity contribution in [2.45, 2.75) is 18.1 Å². The number of aryl methyl sites for hydroxylation is 1. The lowest BCUT2D eigenvalue weighted by molar-refractivity contribution is -0.118. The molecule has 4 nitrogen and oxygen atoms in total. The molecule has 2 aromatic carbocycles. The maximum atomic E-state index is 11.9. The Hall–Kier alpha value is -1.98. The van der Waals surface area contributed by atoms with E-state index in [4.69, 9.17) is 16.0 Å². The van der Waals surface area contributed by atoms with Crippen molar-refractivity contribution in [1.29, 1.82) is 0 Å². The summed E-state index contributed by atoms with van der Waals surface area (Å²) in [4.78, 5) is 16.2. The zero-order valence-corrected chi connectivity index (χ0v) is 14.6. The molecule has 0 aliphatic heterocycles. The molecule has 0 fully saturated rings. The summed E-state index contributed by atoms with van der Waals surface area (Å²) in [5.74, 6) is 0.264. The summed E-state index contributed by atoms with van der Waals surface area (Å²) < 4.78 is 5.57. The van der Waals surface area contributed by atoms with Crippen molar-refractivity contribution in [2.75, 3.05) is 12.3 Å². The van der Waals surface area contributed by atoms with Crippen molar-refractivity contribution in [3.05, 3.63) is 59.1 Å². The molecule has 0 radical (unpaired) electrons. The number of fused-ring (bicyclic) bond motifs is 1. The van der Waals surface area contributed by atoms with Crippen molar-refractivity contribution in [2.24, 2.45) is 0 Å². The van der Waals surface area contributed by atoms with Crippen LogP contribution in [0.5, 0.6) is 0 Å². The van der Waals surface area contributed by atoms with Gasteiger partial charge in [-0.2, -0.15) is 0 Å². The normalized spacial score (nSPS) is 10.9. The average molecular weight is 361 g/mol. The van der Waals surface area contributed by atoms with Gasteiger partial charge in [0.05, 0.1) is 5.75 Å². The molecule has 0 saturated heterocycles. The second kappa shape index (κ2) is 8.22. The minimum atomic E-state index is -0.0200. The van der Waals surface area contributed by atoms with Crippen LogP contribution >= 0.6 is 23.4 Å². The number of halogens is 1. The third-order valence-electron chi connectivity index (χ3n) is 3.46. The lowest BCUT2D eigenvalue weighted by Crippen LogP contribution is -2.26. The van der Waals surface area contributed by atoms with E-state index in [1.54, 1.807) is 18.2 Å². The Kier molecular flexibility index (Phi) is 5.77. The van der Waals surface area contributed by atoms with Gasteiger partial charge in [-0.25, -0.2) is 4.98 Å². The fraction of sp³-hybridized carbons (Fsp3) is 0.222. The highest BCUT2D eigenvalue weighted by Crippen LogP contribution is 2.25. The van der Waals surface area contributed by atoms with E-state index < -0.39 is 0 Å². The van der Waals surface area contributed by atoms with Crippen LogP contribution in [0.4, 0.5) is 0 Å². The molecule has 3 aromatic rings. The first-order valence-corrected chi connectivity index (χ1v) is 9.06. The van der Waals surface area contributed by atoms with Gasteiger partial charge in [-0.15, -0.1) is 0 Å². The predicted octanol–water partition coefficient (Wildman–Crippen LogP) is 4.32. The van der Waals surface area contributed by atoms with Crippen molar-refractivity contribution in [3.63, 3.8) is 0 Å². The quantitative estimate of drug-likeness (QED) is 0.503. The maximum absolute atomic E-state index is 11.9. The van der Waals surface area contributed by atoms with Gasteiger partial charge in [0.15, 0.2) is 5.58 Å². The SMILES string of the molecule is O=C(CSc1nc2cc(Cl)ccc2o1)NCCCc1ccccc1. The molecule has 1 heterocycles. The van der Waals surface area contributed by atoms with Gasteiger partial charge in [0.25, 0.3) is 5.22 Å². The van der Waals surface area contributed by atoms with Crippen LogP contribution in [0.2, 0.25) is 5.02 Å². The number of nitrogens with one attached hydrogen (secondary N) is 1. The summed E-state index contributed by atoms with van der Waals surface area (Å²) in [6.45, 7) is 0.664. The summed E-state index contributed by atoms with van der Waals surface area (Å²) in [6, 6.07) is 15.5. The van der Waals surface area contributed by atoms with Crippen LogP contribution in [0.3, 0.4) is 0 Å². The molecular weight excluding hydrogens is 344 g/mol.